The van der Waals surface area contributed by atoms with Crippen LogP contribution in [0.4, 0.5) is 4.39 Å². The minimum atomic E-state index is -1.56. The Labute approximate surface area is 113 Å². The molecule has 0 bridgehead atoms. The van der Waals surface area contributed by atoms with Gasteiger partial charge < -0.3 is 19.9 Å². The average molecular weight is 271 g/mol. The molecule has 0 amide bonds. The number of aliphatic hydroxyl groups excluding tert-OH is 1. The van der Waals surface area contributed by atoms with E-state index in [9.17, 15) is 9.50 Å². The molecule has 0 aromatic heterocycles. The molecule has 2 N–H and O–H groups in total. The van der Waals surface area contributed by atoms with Crippen molar-refractivity contribution in [1.29, 1.82) is 0 Å². The highest BCUT2D eigenvalue weighted by atomic mass is 19.1. The van der Waals surface area contributed by atoms with Gasteiger partial charge in [-0.3, -0.25) is 0 Å². The van der Waals surface area contributed by atoms with Crippen LogP contribution in [0.5, 0.6) is 11.5 Å². The zero-order chi connectivity index (χ0) is 14.6. The zero-order valence-electron chi connectivity index (χ0n) is 12.1. The number of rotatable bonds is 6. The highest BCUT2D eigenvalue weighted by Crippen LogP contribution is 2.39. The van der Waals surface area contributed by atoms with Crippen LogP contribution in [0.2, 0.25) is 0 Å². The van der Waals surface area contributed by atoms with Crippen molar-refractivity contribution in [1.82, 2.24) is 5.32 Å². The summed E-state index contributed by atoms with van der Waals surface area (Å²) in [6, 6.07) is 3.20. The number of benzene rings is 1. The maximum Gasteiger partial charge on any atom is 0.134 e. The van der Waals surface area contributed by atoms with Gasteiger partial charge in [0.25, 0.3) is 0 Å². The van der Waals surface area contributed by atoms with E-state index in [1.54, 1.807) is 19.2 Å². The first-order chi connectivity index (χ1) is 8.85. The second kappa shape index (κ2) is 6.21. The van der Waals surface area contributed by atoms with Crippen LogP contribution in [0.1, 0.15) is 31.1 Å². The molecule has 108 valence electrons. The molecule has 4 nitrogen and oxygen atoms in total. The summed E-state index contributed by atoms with van der Waals surface area (Å²) in [5.41, 5.74) is -0.634. The second-order valence-electron chi connectivity index (χ2n) is 4.84. The minimum absolute atomic E-state index is 0.356. The van der Waals surface area contributed by atoms with Crippen molar-refractivity contribution in [3.05, 3.63) is 23.3 Å². The van der Waals surface area contributed by atoms with Gasteiger partial charge in [-0.25, -0.2) is 4.39 Å². The molecule has 1 atom stereocenters. The first-order valence-electron chi connectivity index (χ1n) is 6.13. The number of methoxy groups -OCH3 is 2. The molecule has 1 aromatic rings. The third kappa shape index (κ3) is 3.58. The third-order valence-electron chi connectivity index (χ3n) is 2.95. The maximum atomic E-state index is 14.2. The van der Waals surface area contributed by atoms with Crippen LogP contribution in [0.3, 0.4) is 0 Å². The lowest BCUT2D eigenvalue weighted by atomic mass is 9.94. The predicted molar refractivity (Wildman–Crippen MR) is 72.6 cm³/mol. The SMILES string of the molecule is CNCC(O)c1cc(C(C)(C)F)c(OC)cc1OC. The quantitative estimate of drug-likeness (QED) is 0.832. The van der Waals surface area contributed by atoms with E-state index in [-0.39, 0.29) is 0 Å². The van der Waals surface area contributed by atoms with Crippen molar-refractivity contribution in [2.75, 3.05) is 27.8 Å². The van der Waals surface area contributed by atoms with Gasteiger partial charge in [0, 0.05) is 23.7 Å². The van der Waals surface area contributed by atoms with Crippen LogP contribution in [-0.2, 0) is 5.67 Å². The van der Waals surface area contributed by atoms with Crippen LogP contribution in [0, 0.1) is 0 Å². The fraction of sp³-hybridized carbons (Fsp3) is 0.571. The van der Waals surface area contributed by atoms with Crippen LogP contribution in [0.15, 0.2) is 12.1 Å². The van der Waals surface area contributed by atoms with Gasteiger partial charge in [-0.2, -0.15) is 0 Å². The van der Waals surface area contributed by atoms with Gasteiger partial charge in [0.15, 0.2) is 0 Å². The smallest absolute Gasteiger partial charge is 0.134 e. The Morgan fingerprint density at radius 2 is 1.84 bits per heavy atom. The zero-order valence-corrected chi connectivity index (χ0v) is 12.1. The van der Waals surface area contributed by atoms with Crippen molar-refractivity contribution in [3.63, 3.8) is 0 Å². The lowest BCUT2D eigenvalue weighted by molar-refractivity contribution is 0.171. The Balaban J connectivity index is 3.37. The van der Waals surface area contributed by atoms with Gasteiger partial charge in [-0.1, -0.05) is 0 Å². The van der Waals surface area contributed by atoms with Crippen LogP contribution >= 0.6 is 0 Å². The predicted octanol–water partition coefficient (Wildman–Crippen LogP) is 2.16. The number of nitrogens with one attached hydrogen (secondary N) is 1. The second-order valence-corrected chi connectivity index (χ2v) is 4.84. The van der Waals surface area contributed by atoms with Crippen molar-refractivity contribution in [3.8, 4) is 11.5 Å². The summed E-state index contributed by atoms with van der Waals surface area (Å²) in [4.78, 5) is 0. The Bertz CT molecular complexity index is 429. The van der Waals surface area contributed by atoms with Crippen molar-refractivity contribution < 1.29 is 19.0 Å². The average Bonchev–Trinajstić information content (AvgIpc) is 2.36. The summed E-state index contributed by atoms with van der Waals surface area (Å²) in [6.07, 6.45) is -0.771. The molecule has 0 aliphatic rings. The summed E-state index contributed by atoms with van der Waals surface area (Å²) in [6.45, 7) is 3.26. The Morgan fingerprint density at radius 3 is 2.26 bits per heavy atom. The molecular weight excluding hydrogens is 249 g/mol. The normalized spacial score (nSPS) is 13.2. The van der Waals surface area contributed by atoms with Gasteiger partial charge in [-0.15, -0.1) is 0 Å². The Hall–Kier alpha value is -1.33. The number of ether oxygens (including phenoxy) is 2. The van der Waals surface area contributed by atoms with E-state index in [4.69, 9.17) is 9.47 Å². The monoisotopic (exact) mass is 271 g/mol. The molecule has 0 aliphatic heterocycles. The largest absolute Gasteiger partial charge is 0.496 e. The molecule has 0 heterocycles. The summed E-state index contributed by atoms with van der Waals surface area (Å²) >= 11 is 0. The van der Waals surface area contributed by atoms with Gasteiger partial charge in [0.1, 0.15) is 17.2 Å². The van der Waals surface area contributed by atoms with Crippen LogP contribution < -0.4 is 14.8 Å². The summed E-state index contributed by atoms with van der Waals surface area (Å²) in [5, 5.41) is 13.0. The number of aliphatic hydroxyl groups is 1. The molecular formula is C14H22FNO3. The first kappa shape index (κ1) is 15.7. The standard InChI is InChI=1S/C14H22FNO3/c1-14(2,15)10-6-9(11(17)8-16-3)12(18-4)7-13(10)19-5/h6-7,11,16-17H,8H2,1-5H3. The van der Waals surface area contributed by atoms with Crippen LogP contribution in [-0.4, -0.2) is 32.9 Å². The molecule has 0 fully saturated rings. The number of hydrogen-bond acceptors (Lipinski definition) is 4. The molecule has 0 saturated heterocycles. The summed E-state index contributed by atoms with van der Waals surface area (Å²) in [7, 11) is 4.72. The van der Waals surface area contributed by atoms with E-state index in [0.29, 0.717) is 29.2 Å². The third-order valence-corrected chi connectivity index (χ3v) is 2.95. The van der Waals surface area contributed by atoms with E-state index >= 15 is 0 Å². The molecule has 1 aromatic carbocycles. The van der Waals surface area contributed by atoms with E-state index in [0.717, 1.165) is 0 Å². The molecule has 0 radical (unpaired) electrons. The molecule has 0 aliphatic carbocycles. The van der Waals surface area contributed by atoms with Gasteiger partial charge in [0.05, 0.1) is 20.3 Å². The van der Waals surface area contributed by atoms with Gasteiger partial charge in [-0.05, 0) is 27.0 Å². The first-order valence-corrected chi connectivity index (χ1v) is 6.13. The number of hydrogen-bond donors (Lipinski definition) is 2. The topological polar surface area (TPSA) is 50.7 Å². The minimum Gasteiger partial charge on any atom is -0.496 e. The van der Waals surface area contributed by atoms with Crippen LogP contribution in [0.25, 0.3) is 0 Å². The lowest BCUT2D eigenvalue weighted by Gasteiger charge is -2.23. The van der Waals surface area contributed by atoms with E-state index in [1.807, 2.05) is 0 Å². The number of halogens is 1. The Morgan fingerprint density at radius 1 is 1.26 bits per heavy atom. The molecule has 0 saturated carbocycles. The van der Waals surface area contributed by atoms with Crippen molar-refractivity contribution >= 4 is 0 Å². The van der Waals surface area contributed by atoms with Crippen molar-refractivity contribution in [2.45, 2.75) is 25.6 Å². The highest BCUT2D eigenvalue weighted by molar-refractivity contribution is 5.49. The number of alkyl halides is 1. The Kier molecular flexibility index (Phi) is 5.14. The molecule has 1 unspecified atom stereocenters. The lowest BCUT2D eigenvalue weighted by Crippen LogP contribution is -2.19. The maximum absolute atomic E-state index is 14.2. The van der Waals surface area contributed by atoms with E-state index in [1.165, 1.54) is 28.1 Å². The molecule has 0 spiro atoms. The summed E-state index contributed by atoms with van der Waals surface area (Å²) < 4.78 is 24.6. The fourth-order valence-corrected chi connectivity index (χ4v) is 1.95. The number of likely N-dealkylation sites (N-methyl/N-ethyl adjacent to an activating group) is 1. The van der Waals surface area contributed by atoms with Crippen molar-refractivity contribution in [2.24, 2.45) is 0 Å². The highest BCUT2D eigenvalue weighted by Gasteiger charge is 2.27. The van der Waals surface area contributed by atoms with E-state index in [2.05, 4.69) is 5.32 Å². The fourth-order valence-electron chi connectivity index (χ4n) is 1.95. The van der Waals surface area contributed by atoms with Gasteiger partial charge >= 0.3 is 0 Å². The van der Waals surface area contributed by atoms with E-state index < -0.39 is 11.8 Å². The molecule has 19 heavy (non-hydrogen) atoms. The molecule has 5 heteroatoms. The summed E-state index contributed by atoms with van der Waals surface area (Å²) in [5.74, 6) is 0.886. The molecule has 1 rings (SSSR count). The van der Waals surface area contributed by atoms with Gasteiger partial charge in [0.2, 0.25) is 0 Å².